The average Bonchev–Trinajstić information content (AvgIpc) is 2.98. The predicted molar refractivity (Wildman–Crippen MR) is 121 cm³/mol. The molecule has 0 aromatic heterocycles. The predicted octanol–water partition coefficient (Wildman–Crippen LogP) is 4.42. The van der Waals surface area contributed by atoms with Gasteiger partial charge >= 0.3 is 0 Å². The van der Waals surface area contributed by atoms with Gasteiger partial charge in [0.2, 0.25) is 0 Å². The van der Waals surface area contributed by atoms with Crippen LogP contribution in [0.25, 0.3) is 17.1 Å². The second kappa shape index (κ2) is 8.40. The van der Waals surface area contributed by atoms with E-state index in [9.17, 15) is 10.1 Å². The first-order chi connectivity index (χ1) is 15.3. The summed E-state index contributed by atoms with van der Waals surface area (Å²) in [6.07, 6.45) is 4.09. The number of para-hydroxylation sites is 1. The third-order valence-electron chi connectivity index (χ3n) is 5.66. The van der Waals surface area contributed by atoms with Gasteiger partial charge in [0.15, 0.2) is 11.0 Å². The van der Waals surface area contributed by atoms with Crippen molar-refractivity contribution in [3.63, 3.8) is 0 Å². The third kappa shape index (κ3) is 3.64. The summed E-state index contributed by atoms with van der Waals surface area (Å²) >= 11 is 1.60. The fourth-order valence-electron chi connectivity index (χ4n) is 4.11. The fraction of sp³-hybridized carbons (Fsp3) is 0.250. The molecule has 3 aliphatic rings. The van der Waals surface area contributed by atoms with E-state index >= 15 is 0 Å². The fourth-order valence-corrected chi connectivity index (χ4v) is 5.15. The van der Waals surface area contributed by atoms with Crippen LogP contribution in [0.2, 0.25) is 0 Å². The molecule has 0 bridgehead atoms. The highest BCUT2D eigenvalue weighted by Gasteiger charge is 2.27. The van der Waals surface area contributed by atoms with Crippen LogP contribution >= 0.6 is 11.8 Å². The molecule has 0 fully saturated rings. The number of aromatic nitrogens is 4. The summed E-state index contributed by atoms with van der Waals surface area (Å²) in [5.41, 5.74) is 3.97. The number of hydrogen-bond donors (Lipinski definition) is 0. The van der Waals surface area contributed by atoms with Gasteiger partial charge in [-0.05, 0) is 43.0 Å². The summed E-state index contributed by atoms with van der Waals surface area (Å²) < 4.78 is 3.66. The first kappa shape index (κ1) is 19.6. The quantitative estimate of drug-likeness (QED) is 0.356. The molecule has 0 N–H and O–H groups in total. The van der Waals surface area contributed by atoms with Crippen molar-refractivity contribution in [1.29, 1.82) is 5.26 Å². The van der Waals surface area contributed by atoms with E-state index in [0.29, 0.717) is 22.7 Å². The van der Waals surface area contributed by atoms with Crippen LogP contribution in [0.5, 0.6) is 0 Å². The van der Waals surface area contributed by atoms with E-state index in [1.807, 2.05) is 54.6 Å². The van der Waals surface area contributed by atoms with Crippen molar-refractivity contribution in [2.24, 2.45) is 0 Å². The molecule has 0 spiro atoms. The summed E-state index contributed by atoms with van der Waals surface area (Å²) in [5, 5.41) is 14.8. The molecule has 0 atom stereocenters. The van der Waals surface area contributed by atoms with Gasteiger partial charge in [0.05, 0.1) is 17.3 Å². The number of nitriles is 1. The zero-order chi connectivity index (χ0) is 21.2. The van der Waals surface area contributed by atoms with Crippen molar-refractivity contribution in [3.05, 3.63) is 81.8 Å². The van der Waals surface area contributed by atoms with Crippen molar-refractivity contribution in [3.8, 4) is 23.1 Å². The molecule has 0 amide bonds. The lowest BCUT2D eigenvalue weighted by atomic mass is 10.1. The van der Waals surface area contributed by atoms with E-state index in [4.69, 9.17) is 4.98 Å². The highest BCUT2D eigenvalue weighted by Crippen LogP contribution is 2.32. The molecule has 154 valence electrons. The van der Waals surface area contributed by atoms with Crippen molar-refractivity contribution < 1.29 is 0 Å². The maximum atomic E-state index is 13.3. The number of rotatable bonds is 4. The van der Waals surface area contributed by atoms with Crippen molar-refractivity contribution in [1.82, 2.24) is 19.3 Å². The van der Waals surface area contributed by atoms with E-state index in [2.05, 4.69) is 15.7 Å². The lowest BCUT2D eigenvalue weighted by Gasteiger charge is -2.17. The van der Waals surface area contributed by atoms with E-state index in [1.165, 1.54) is 4.68 Å². The normalized spacial score (nSPS) is 13.5. The number of nitrogens with zero attached hydrogens (tertiary/aromatic N) is 5. The third-order valence-corrected chi connectivity index (χ3v) is 6.69. The largest absolute Gasteiger partial charge is 0.324 e. The van der Waals surface area contributed by atoms with Gasteiger partial charge < -0.3 is 4.57 Å². The Kier molecular flexibility index (Phi) is 5.31. The summed E-state index contributed by atoms with van der Waals surface area (Å²) in [6, 6.07) is 19.4. The Morgan fingerprint density at radius 1 is 1.03 bits per heavy atom. The summed E-state index contributed by atoms with van der Waals surface area (Å²) in [6.45, 7) is 0.844. The number of hydrogen-bond acceptors (Lipinski definition) is 5. The van der Waals surface area contributed by atoms with Crippen molar-refractivity contribution in [2.45, 2.75) is 43.1 Å². The second-order valence-corrected chi connectivity index (χ2v) is 8.55. The Hall–Kier alpha value is -3.37. The molecule has 6 nitrogen and oxygen atoms in total. The Balaban J connectivity index is 1.62. The second-order valence-electron chi connectivity index (χ2n) is 7.61. The number of thioether (sulfide) groups is 1. The van der Waals surface area contributed by atoms with E-state index in [0.717, 1.165) is 54.3 Å². The standard InChI is InChI=1S/C24H21N5OS/c25-15-17-9-6-7-10-18(17)16-31-24-26-22-21(20-13-5-2-8-14-28(20)24)23(30)29(27-22)19-11-3-1-4-12-19/h1,3-4,6-7,9-12H,2,5,8,13-14,16H2. The first-order valence-electron chi connectivity index (χ1n) is 10.4. The smallest absolute Gasteiger partial charge is 0.284 e. The van der Waals surface area contributed by atoms with E-state index in [-0.39, 0.29) is 5.56 Å². The maximum Gasteiger partial charge on any atom is 0.284 e. The molecule has 5 rings (SSSR count). The first-order valence-corrected chi connectivity index (χ1v) is 11.4. The van der Waals surface area contributed by atoms with Crippen LogP contribution in [-0.4, -0.2) is 19.3 Å². The lowest BCUT2D eigenvalue weighted by molar-refractivity contribution is 0.571. The van der Waals surface area contributed by atoms with Gasteiger partial charge in [-0.2, -0.15) is 9.94 Å². The molecule has 31 heavy (non-hydrogen) atoms. The molecule has 0 saturated heterocycles. The molecule has 0 radical (unpaired) electrons. The van der Waals surface area contributed by atoms with Gasteiger partial charge in [0, 0.05) is 18.0 Å². The Morgan fingerprint density at radius 2 is 1.84 bits per heavy atom. The summed E-state index contributed by atoms with van der Waals surface area (Å²) in [5.74, 6) is 1.14. The average molecular weight is 428 g/mol. The summed E-state index contributed by atoms with van der Waals surface area (Å²) in [4.78, 5) is 18.1. The van der Waals surface area contributed by atoms with Gasteiger partial charge in [-0.25, -0.2) is 4.98 Å². The van der Waals surface area contributed by atoms with Crippen molar-refractivity contribution >= 4 is 11.8 Å². The monoisotopic (exact) mass is 427 g/mol. The minimum Gasteiger partial charge on any atom is -0.324 e. The minimum absolute atomic E-state index is 0.106. The van der Waals surface area contributed by atoms with E-state index in [1.54, 1.807) is 11.8 Å². The molecule has 0 saturated carbocycles. The Bertz CT molecular complexity index is 1300. The van der Waals surface area contributed by atoms with Gasteiger partial charge in [0.25, 0.3) is 5.56 Å². The maximum absolute atomic E-state index is 13.3. The molecule has 3 aliphatic heterocycles. The molecular formula is C24H21N5OS. The molecular weight excluding hydrogens is 406 g/mol. The van der Waals surface area contributed by atoms with Crippen LogP contribution in [0.3, 0.4) is 0 Å². The van der Waals surface area contributed by atoms with Crippen LogP contribution in [-0.2, 0) is 18.7 Å². The number of benzene rings is 2. The van der Waals surface area contributed by atoms with Crippen molar-refractivity contribution in [2.75, 3.05) is 0 Å². The van der Waals surface area contributed by atoms with Gasteiger partial charge in [0.1, 0.15) is 5.56 Å². The van der Waals surface area contributed by atoms with Crippen LogP contribution in [0.1, 0.15) is 36.1 Å². The van der Waals surface area contributed by atoms with Gasteiger partial charge in [-0.15, -0.1) is 5.10 Å². The highest BCUT2D eigenvalue weighted by molar-refractivity contribution is 7.98. The summed E-state index contributed by atoms with van der Waals surface area (Å²) in [7, 11) is 0. The highest BCUT2D eigenvalue weighted by atomic mass is 32.2. The number of fused-ring (bicyclic) bond motifs is 3. The van der Waals surface area contributed by atoms with Crippen LogP contribution in [0.4, 0.5) is 0 Å². The van der Waals surface area contributed by atoms with Gasteiger partial charge in [-0.3, -0.25) is 4.79 Å². The van der Waals surface area contributed by atoms with Crippen LogP contribution in [0, 0.1) is 11.3 Å². The molecule has 0 unspecified atom stereocenters. The molecule has 7 heteroatoms. The van der Waals surface area contributed by atoms with E-state index < -0.39 is 0 Å². The zero-order valence-corrected chi connectivity index (χ0v) is 17.8. The lowest BCUT2D eigenvalue weighted by Crippen LogP contribution is -2.19. The van der Waals surface area contributed by atoms with Crippen LogP contribution in [0.15, 0.2) is 64.5 Å². The Morgan fingerprint density at radius 3 is 2.68 bits per heavy atom. The molecule has 3 heterocycles. The molecule has 2 aromatic rings. The Labute approximate surface area is 184 Å². The minimum atomic E-state index is -0.106. The SMILES string of the molecule is N#Cc1ccccc1CSc1nc2nn(-c3ccccc3)c(=O)c-2c2n1CCCCC2. The molecule has 0 aliphatic carbocycles. The topological polar surface area (TPSA) is 76.5 Å². The van der Waals surface area contributed by atoms with Gasteiger partial charge in [-0.1, -0.05) is 54.6 Å². The zero-order valence-electron chi connectivity index (χ0n) is 17.0. The molecule has 2 aromatic carbocycles. The van der Waals surface area contributed by atoms with Crippen LogP contribution < -0.4 is 5.56 Å².